The molecule has 1 aromatic carbocycles. The minimum atomic E-state index is 0.481. The zero-order valence-electron chi connectivity index (χ0n) is 11.3. The van der Waals surface area contributed by atoms with Crippen LogP contribution >= 0.6 is 23.2 Å². The lowest BCUT2D eigenvalue weighted by Gasteiger charge is -2.21. The van der Waals surface area contributed by atoms with Crippen molar-refractivity contribution in [3.8, 4) is 0 Å². The Labute approximate surface area is 125 Å². The summed E-state index contributed by atoms with van der Waals surface area (Å²) in [4.78, 5) is 0. The van der Waals surface area contributed by atoms with Crippen molar-refractivity contribution in [2.45, 2.75) is 32.2 Å². The van der Waals surface area contributed by atoms with Crippen LogP contribution in [-0.2, 0) is 11.2 Å². The first-order chi connectivity index (χ1) is 9.19. The topological polar surface area (TPSA) is 21.3 Å². The number of likely N-dealkylation sites (N-methyl/N-ethyl adjacent to an activating group) is 1. The fraction of sp³-hybridized carbons (Fsp3) is 0.600. The normalized spacial score (nSPS) is 20.7. The maximum Gasteiger partial charge on any atom is 0.0595 e. The summed E-state index contributed by atoms with van der Waals surface area (Å²) < 4.78 is 5.45. The molecule has 0 bridgehead atoms. The van der Waals surface area contributed by atoms with Crippen molar-refractivity contribution in [3.63, 3.8) is 0 Å². The Bertz CT molecular complexity index is 405. The Morgan fingerprint density at radius 3 is 2.84 bits per heavy atom. The number of hydrogen-bond donors (Lipinski definition) is 1. The average molecular weight is 302 g/mol. The molecule has 0 radical (unpaired) electrons. The van der Waals surface area contributed by atoms with Crippen LogP contribution in [0.3, 0.4) is 0 Å². The molecule has 19 heavy (non-hydrogen) atoms. The summed E-state index contributed by atoms with van der Waals surface area (Å²) in [5, 5.41) is 4.82. The highest BCUT2D eigenvalue weighted by Crippen LogP contribution is 2.25. The molecule has 2 nitrogen and oxygen atoms in total. The fourth-order valence-corrected chi connectivity index (χ4v) is 2.97. The van der Waals surface area contributed by atoms with Crippen LogP contribution in [0.1, 0.15) is 25.3 Å². The molecule has 1 N–H and O–H groups in total. The molecule has 2 atom stereocenters. The van der Waals surface area contributed by atoms with Crippen LogP contribution in [0.4, 0.5) is 0 Å². The van der Waals surface area contributed by atoms with Crippen LogP contribution < -0.4 is 5.32 Å². The first-order valence-electron chi connectivity index (χ1n) is 6.94. The molecule has 106 valence electrons. The Balaban J connectivity index is 1.96. The maximum absolute atomic E-state index is 6.07. The predicted octanol–water partition coefficient (Wildman–Crippen LogP) is 3.94. The fourth-order valence-electron chi connectivity index (χ4n) is 2.65. The van der Waals surface area contributed by atoms with Gasteiger partial charge in [0.1, 0.15) is 0 Å². The average Bonchev–Trinajstić information content (AvgIpc) is 2.87. The first kappa shape index (κ1) is 15.1. The van der Waals surface area contributed by atoms with Gasteiger partial charge >= 0.3 is 0 Å². The number of rotatable bonds is 6. The lowest BCUT2D eigenvalue weighted by molar-refractivity contribution is 0.181. The molecule has 0 spiro atoms. The van der Waals surface area contributed by atoms with Crippen LogP contribution in [0.25, 0.3) is 0 Å². The van der Waals surface area contributed by atoms with Gasteiger partial charge in [-0.05, 0) is 49.4 Å². The van der Waals surface area contributed by atoms with Crippen molar-refractivity contribution in [3.05, 3.63) is 33.8 Å². The Morgan fingerprint density at radius 2 is 2.21 bits per heavy atom. The highest BCUT2D eigenvalue weighted by atomic mass is 35.5. The summed E-state index contributed by atoms with van der Waals surface area (Å²) in [7, 11) is 0. The number of hydrogen-bond acceptors (Lipinski definition) is 2. The van der Waals surface area contributed by atoms with Crippen molar-refractivity contribution in [1.29, 1.82) is 0 Å². The summed E-state index contributed by atoms with van der Waals surface area (Å²) in [6.45, 7) is 4.95. The third-order valence-corrected chi connectivity index (χ3v) is 4.34. The summed E-state index contributed by atoms with van der Waals surface area (Å²) in [5.74, 6) is 0.687. The highest BCUT2D eigenvalue weighted by molar-refractivity contribution is 6.42. The van der Waals surface area contributed by atoms with Crippen molar-refractivity contribution in [2.24, 2.45) is 5.92 Å². The number of ether oxygens (including phenoxy) is 1. The molecule has 4 heteroatoms. The van der Waals surface area contributed by atoms with Gasteiger partial charge in [0.15, 0.2) is 0 Å². The maximum atomic E-state index is 6.07. The van der Waals surface area contributed by atoms with Gasteiger partial charge in [0.05, 0.1) is 10.0 Å². The predicted molar refractivity (Wildman–Crippen MR) is 81.2 cm³/mol. The van der Waals surface area contributed by atoms with E-state index in [9.17, 15) is 0 Å². The van der Waals surface area contributed by atoms with Crippen LogP contribution in [0.15, 0.2) is 18.2 Å². The third-order valence-electron chi connectivity index (χ3n) is 3.60. The first-order valence-corrected chi connectivity index (χ1v) is 7.69. The lowest BCUT2D eigenvalue weighted by Crippen LogP contribution is -2.33. The largest absolute Gasteiger partial charge is 0.381 e. The van der Waals surface area contributed by atoms with E-state index in [-0.39, 0.29) is 0 Å². The van der Waals surface area contributed by atoms with E-state index in [2.05, 4.69) is 18.3 Å². The summed E-state index contributed by atoms with van der Waals surface area (Å²) in [6, 6.07) is 6.39. The van der Waals surface area contributed by atoms with Crippen LogP contribution in [0.5, 0.6) is 0 Å². The quantitative estimate of drug-likeness (QED) is 0.859. The molecule has 1 fully saturated rings. The van der Waals surface area contributed by atoms with E-state index < -0.39 is 0 Å². The van der Waals surface area contributed by atoms with E-state index in [1.165, 1.54) is 12.0 Å². The van der Waals surface area contributed by atoms with E-state index >= 15 is 0 Å². The molecule has 1 saturated heterocycles. The minimum Gasteiger partial charge on any atom is -0.381 e. The van der Waals surface area contributed by atoms with Gasteiger partial charge in [0.25, 0.3) is 0 Å². The van der Waals surface area contributed by atoms with Crippen LogP contribution in [0.2, 0.25) is 10.0 Å². The van der Waals surface area contributed by atoms with Crippen LogP contribution in [-0.4, -0.2) is 25.8 Å². The zero-order chi connectivity index (χ0) is 13.7. The second-order valence-corrected chi connectivity index (χ2v) is 5.99. The molecule has 1 aliphatic rings. The summed E-state index contributed by atoms with van der Waals surface area (Å²) in [5.41, 5.74) is 1.24. The van der Waals surface area contributed by atoms with E-state index in [1.54, 1.807) is 0 Å². The highest BCUT2D eigenvalue weighted by Gasteiger charge is 2.20. The number of nitrogens with one attached hydrogen (secondary N) is 1. The monoisotopic (exact) mass is 301 g/mol. The molecular weight excluding hydrogens is 281 g/mol. The van der Waals surface area contributed by atoms with Gasteiger partial charge < -0.3 is 10.1 Å². The van der Waals surface area contributed by atoms with Gasteiger partial charge in [-0.25, -0.2) is 0 Å². The molecule has 0 amide bonds. The summed E-state index contributed by atoms with van der Waals surface area (Å²) >= 11 is 12.0. The molecule has 1 aliphatic heterocycles. The van der Waals surface area contributed by atoms with Crippen molar-refractivity contribution in [2.75, 3.05) is 19.8 Å². The molecular formula is C15H21Cl2NO. The van der Waals surface area contributed by atoms with E-state index in [0.717, 1.165) is 32.6 Å². The van der Waals surface area contributed by atoms with Gasteiger partial charge in [-0.2, -0.15) is 0 Å². The van der Waals surface area contributed by atoms with Gasteiger partial charge in [-0.1, -0.05) is 36.2 Å². The molecule has 2 unspecified atom stereocenters. The van der Waals surface area contributed by atoms with Gasteiger partial charge in [-0.3, -0.25) is 0 Å². The van der Waals surface area contributed by atoms with E-state index in [1.807, 2.05) is 12.1 Å². The standard InChI is InChI=1S/C15H21Cl2NO/c1-2-18-13(8-12-5-6-19-10-12)7-11-3-4-14(16)15(17)9-11/h3-4,9,12-13,18H,2,5-8,10H2,1H3. The van der Waals surface area contributed by atoms with Crippen molar-refractivity contribution >= 4 is 23.2 Å². The number of halogens is 2. The van der Waals surface area contributed by atoms with Crippen LogP contribution in [0, 0.1) is 5.92 Å². The lowest BCUT2D eigenvalue weighted by atomic mass is 9.94. The third kappa shape index (κ3) is 4.64. The van der Waals surface area contributed by atoms with Crippen molar-refractivity contribution < 1.29 is 4.74 Å². The Kier molecular flexibility index (Phi) is 5.96. The van der Waals surface area contributed by atoms with Gasteiger partial charge in [-0.15, -0.1) is 0 Å². The summed E-state index contributed by atoms with van der Waals surface area (Å²) in [6.07, 6.45) is 3.33. The molecule has 0 saturated carbocycles. The Hall–Kier alpha value is -0.280. The molecule has 1 heterocycles. The van der Waals surface area contributed by atoms with E-state index in [4.69, 9.17) is 27.9 Å². The van der Waals surface area contributed by atoms with E-state index in [0.29, 0.717) is 22.0 Å². The molecule has 0 aliphatic carbocycles. The zero-order valence-corrected chi connectivity index (χ0v) is 12.8. The molecule has 0 aromatic heterocycles. The second-order valence-electron chi connectivity index (χ2n) is 5.17. The minimum absolute atomic E-state index is 0.481. The number of benzene rings is 1. The van der Waals surface area contributed by atoms with Crippen molar-refractivity contribution in [1.82, 2.24) is 5.32 Å². The smallest absolute Gasteiger partial charge is 0.0595 e. The second kappa shape index (κ2) is 7.49. The van der Waals surface area contributed by atoms with Gasteiger partial charge in [0, 0.05) is 19.3 Å². The molecule has 1 aromatic rings. The van der Waals surface area contributed by atoms with Gasteiger partial charge in [0.2, 0.25) is 0 Å². The molecule has 2 rings (SSSR count). The SMILES string of the molecule is CCNC(Cc1ccc(Cl)c(Cl)c1)CC1CCOC1. The Morgan fingerprint density at radius 1 is 1.37 bits per heavy atom.